The summed E-state index contributed by atoms with van der Waals surface area (Å²) in [4.78, 5) is 21.7. The molecule has 3 rings (SSSR count). The number of nitrogens with zero attached hydrogens (tertiary/aromatic N) is 3. The van der Waals surface area contributed by atoms with Crippen LogP contribution in [-0.2, 0) is 21.4 Å². The molecule has 1 N–H and O–H groups in total. The van der Waals surface area contributed by atoms with E-state index in [-0.39, 0.29) is 10.8 Å². The Balaban J connectivity index is 1.61. The van der Waals surface area contributed by atoms with Crippen molar-refractivity contribution in [2.24, 2.45) is 0 Å². The molecule has 9 heteroatoms. The number of hydrogen-bond donors (Lipinski definition) is 1. The number of sulfonamides is 1. The second-order valence-electron chi connectivity index (χ2n) is 7.19. The van der Waals surface area contributed by atoms with Crippen molar-refractivity contribution < 1.29 is 13.2 Å². The summed E-state index contributed by atoms with van der Waals surface area (Å²) in [5, 5.41) is 0. The van der Waals surface area contributed by atoms with Crippen LogP contribution in [0.1, 0.15) is 12.1 Å². The fraction of sp³-hybridized carbons (Fsp3) is 0.429. The molecule has 2 heterocycles. The maximum Gasteiger partial charge on any atom is 0.241 e. The van der Waals surface area contributed by atoms with Crippen LogP contribution in [0, 0.1) is 0 Å². The van der Waals surface area contributed by atoms with Gasteiger partial charge in [0.1, 0.15) is 6.04 Å². The quantitative estimate of drug-likeness (QED) is 0.630. The fourth-order valence-corrected chi connectivity index (χ4v) is 5.11. The monoisotopic (exact) mass is 448 g/mol. The maximum absolute atomic E-state index is 13.1. The number of piperazine rings is 1. The number of nitrogens with one attached hydrogen (secondary N) is 1. The number of thioether (sulfide) groups is 1. The lowest BCUT2D eigenvalue weighted by Crippen LogP contribution is -2.54. The molecule has 1 amide bonds. The van der Waals surface area contributed by atoms with Crippen molar-refractivity contribution in [3.8, 4) is 0 Å². The van der Waals surface area contributed by atoms with Crippen LogP contribution in [0.2, 0.25) is 0 Å². The van der Waals surface area contributed by atoms with E-state index in [9.17, 15) is 13.2 Å². The van der Waals surface area contributed by atoms with Gasteiger partial charge in [0.15, 0.2) is 0 Å². The number of benzene rings is 1. The Morgan fingerprint density at radius 3 is 2.43 bits per heavy atom. The number of aromatic nitrogens is 1. The summed E-state index contributed by atoms with van der Waals surface area (Å²) in [5.74, 6) is 0.550. The average Bonchev–Trinajstić information content (AvgIpc) is 2.78. The smallest absolute Gasteiger partial charge is 0.241 e. The van der Waals surface area contributed by atoms with Crippen LogP contribution in [0.15, 0.2) is 59.6 Å². The van der Waals surface area contributed by atoms with Gasteiger partial charge in [0, 0.05) is 38.9 Å². The highest BCUT2D eigenvalue weighted by atomic mass is 32.2. The first-order valence-corrected chi connectivity index (χ1v) is 12.8. The molecule has 2 aromatic rings. The van der Waals surface area contributed by atoms with Gasteiger partial charge in [-0.3, -0.25) is 14.7 Å². The van der Waals surface area contributed by atoms with E-state index in [0.717, 1.165) is 25.3 Å². The van der Waals surface area contributed by atoms with E-state index in [0.29, 0.717) is 25.3 Å². The van der Waals surface area contributed by atoms with Gasteiger partial charge in [-0.1, -0.05) is 24.3 Å². The molecule has 1 aliphatic heterocycles. The number of carbonyl (C=O) groups excluding carboxylic acids is 1. The van der Waals surface area contributed by atoms with Crippen LogP contribution in [0.3, 0.4) is 0 Å². The van der Waals surface area contributed by atoms with Crippen molar-refractivity contribution >= 4 is 27.7 Å². The summed E-state index contributed by atoms with van der Waals surface area (Å²) >= 11 is 1.60. The maximum atomic E-state index is 13.1. The molecule has 1 aromatic heterocycles. The van der Waals surface area contributed by atoms with Gasteiger partial charge >= 0.3 is 0 Å². The van der Waals surface area contributed by atoms with Crippen molar-refractivity contribution in [1.29, 1.82) is 0 Å². The second kappa shape index (κ2) is 10.9. The van der Waals surface area contributed by atoms with Crippen molar-refractivity contribution in [2.75, 3.05) is 38.2 Å². The predicted octanol–water partition coefficient (Wildman–Crippen LogP) is 1.83. The van der Waals surface area contributed by atoms with E-state index < -0.39 is 16.1 Å². The van der Waals surface area contributed by atoms with E-state index in [1.54, 1.807) is 41.1 Å². The fourth-order valence-electron chi connectivity index (χ4n) is 3.39. The molecule has 1 saturated heterocycles. The first-order chi connectivity index (χ1) is 14.5. The lowest BCUT2D eigenvalue weighted by molar-refractivity contribution is -0.134. The van der Waals surface area contributed by atoms with E-state index in [2.05, 4.69) is 14.6 Å². The molecular weight excluding hydrogens is 420 g/mol. The molecule has 162 valence electrons. The van der Waals surface area contributed by atoms with Crippen LogP contribution in [0.5, 0.6) is 0 Å². The molecule has 0 bridgehead atoms. The molecule has 0 spiro atoms. The summed E-state index contributed by atoms with van der Waals surface area (Å²) in [7, 11) is -3.75. The molecule has 7 nitrogen and oxygen atoms in total. The van der Waals surface area contributed by atoms with E-state index in [4.69, 9.17) is 0 Å². The zero-order chi connectivity index (χ0) is 21.4. The molecule has 1 atom stereocenters. The van der Waals surface area contributed by atoms with Crippen LogP contribution in [0.25, 0.3) is 0 Å². The Kier molecular flexibility index (Phi) is 8.26. The molecule has 1 fully saturated rings. The molecule has 1 unspecified atom stereocenters. The molecule has 0 aliphatic carbocycles. The number of amides is 1. The molecule has 0 radical (unpaired) electrons. The van der Waals surface area contributed by atoms with Crippen LogP contribution in [0.4, 0.5) is 0 Å². The molecule has 30 heavy (non-hydrogen) atoms. The Morgan fingerprint density at radius 1 is 1.10 bits per heavy atom. The minimum atomic E-state index is -3.75. The summed E-state index contributed by atoms with van der Waals surface area (Å²) < 4.78 is 28.1. The largest absolute Gasteiger partial charge is 0.339 e. The standard InChI is InChI=1S/C21H28N4O3S2/c1-29-16-10-20(23-30(27,28)19-8-3-2-4-9-19)21(26)25-14-12-24(13-15-25)17-18-7-5-6-11-22-18/h2-9,11,20,23H,10,12-17H2,1H3. The minimum absolute atomic E-state index is 0.152. The topological polar surface area (TPSA) is 82.6 Å². The van der Waals surface area contributed by atoms with Gasteiger partial charge in [-0.15, -0.1) is 0 Å². The average molecular weight is 449 g/mol. The summed E-state index contributed by atoms with van der Waals surface area (Å²) in [6.07, 6.45) is 4.19. The van der Waals surface area contributed by atoms with Crippen molar-refractivity contribution in [1.82, 2.24) is 19.5 Å². The number of carbonyl (C=O) groups is 1. The zero-order valence-electron chi connectivity index (χ0n) is 17.1. The third-order valence-electron chi connectivity index (χ3n) is 5.06. The SMILES string of the molecule is CSCCC(NS(=O)(=O)c1ccccc1)C(=O)N1CCN(Cc2ccccn2)CC1. The number of hydrogen-bond acceptors (Lipinski definition) is 6. The highest BCUT2D eigenvalue weighted by molar-refractivity contribution is 7.98. The highest BCUT2D eigenvalue weighted by Gasteiger charge is 2.30. The number of pyridine rings is 1. The summed E-state index contributed by atoms with van der Waals surface area (Å²) in [5.41, 5.74) is 1.01. The van der Waals surface area contributed by atoms with Crippen molar-refractivity contribution in [3.05, 3.63) is 60.4 Å². The van der Waals surface area contributed by atoms with Crippen LogP contribution in [-0.4, -0.2) is 73.3 Å². The third-order valence-corrected chi connectivity index (χ3v) is 7.19. The Labute approximate surface area is 182 Å². The number of rotatable bonds is 9. The van der Waals surface area contributed by atoms with Gasteiger partial charge in [-0.25, -0.2) is 8.42 Å². The van der Waals surface area contributed by atoms with Gasteiger partial charge in [-0.2, -0.15) is 16.5 Å². The lowest BCUT2D eigenvalue weighted by atomic mass is 10.2. The van der Waals surface area contributed by atoms with Gasteiger partial charge in [-0.05, 0) is 42.7 Å². The molecule has 0 saturated carbocycles. The van der Waals surface area contributed by atoms with Gasteiger partial charge in [0.05, 0.1) is 10.6 Å². The van der Waals surface area contributed by atoms with E-state index >= 15 is 0 Å². The first kappa shape index (κ1) is 22.7. The second-order valence-corrected chi connectivity index (χ2v) is 9.89. The van der Waals surface area contributed by atoms with Crippen molar-refractivity contribution in [3.63, 3.8) is 0 Å². The lowest BCUT2D eigenvalue weighted by Gasteiger charge is -2.36. The van der Waals surface area contributed by atoms with Gasteiger partial charge in [0.25, 0.3) is 0 Å². The molecule has 1 aromatic carbocycles. The van der Waals surface area contributed by atoms with E-state index in [1.165, 1.54) is 12.1 Å². The van der Waals surface area contributed by atoms with Crippen LogP contribution >= 0.6 is 11.8 Å². The zero-order valence-corrected chi connectivity index (χ0v) is 18.7. The van der Waals surface area contributed by atoms with Gasteiger partial charge < -0.3 is 4.90 Å². The van der Waals surface area contributed by atoms with Gasteiger partial charge in [0.2, 0.25) is 15.9 Å². The Bertz CT molecular complexity index is 902. The van der Waals surface area contributed by atoms with Crippen LogP contribution < -0.4 is 4.72 Å². The van der Waals surface area contributed by atoms with Crippen molar-refractivity contribution in [2.45, 2.75) is 23.9 Å². The Hall–Kier alpha value is -1.94. The molecular formula is C21H28N4O3S2. The predicted molar refractivity (Wildman–Crippen MR) is 120 cm³/mol. The third kappa shape index (κ3) is 6.28. The normalized spacial score (nSPS) is 16.4. The minimum Gasteiger partial charge on any atom is -0.339 e. The summed E-state index contributed by atoms with van der Waals surface area (Å²) in [6.45, 7) is 3.38. The first-order valence-electron chi connectivity index (χ1n) is 9.97. The highest BCUT2D eigenvalue weighted by Crippen LogP contribution is 2.14. The Morgan fingerprint density at radius 2 is 1.80 bits per heavy atom. The summed E-state index contributed by atoms with van der Waals surface area (Å²) in [6, 6.07) is 13.3. The van der Waals surface area contributed by atoms with E-state index in [1.807, 2.05) is 24.5 Å². The molecule has 1 aliphatic rings.